The zero-order chi connectivity index (χ0) is 13.2. The van der Waals surface area contributed by atoms with Crippen LogP contribution in [0.15, 0.2) is 0 Å². The van der Waals surface area contributed by atoms with E-state index in [1.54, 1.807) is 0 Å². The molecule has 0 amide bonds. The van der Waals surface area contributed by atoms with Crippen LogP contribution in [0.25, 0.3) is 0 Å². The van der Waals surface area contributed by atoms with Crippen molar-refractivity contribution in [3.63, 3.8) is 0 Å². The molecule has 0 N–H and O–H groups in total. The van der Waals surface area contributed by atoms with Crippen molar-refractivity contribution in [3.05, 3.63) is 0 Å². The maximum absolute atomic E-state index is 12.4. The zero-order valence-electron chi connectivity index (χ0n) is 10.5. The number of hydrogen-bond donors (Lipinski definition) is 0. The lowest BCUT2D eigenvalue weighted by molar-refractivity contribution is -0.145. The number of ether oxygens (including phenoxy) is 1. The lowest BCUT2D eigenvalue weighted by Crippen LogP contribution is -2.44. The quantitative estimate of drug-likeness (QED) is 0.709. The van der Waals surface area contributed by atoms with Gasteiger partial charge >= 0.3 is 5.97 Å². The summed E-state index contributed by atoms with van der Waals surface area (Å²) < 4.78 is 30.6. The number of hydroxylamine groups is 1. The summed E-state index contributed by atoms with van der Waals surface area (Å²) in [5.41, 5.74) is 0. The van der Waals surface area contributed by atoms with Gasteiger partial charge in [-0.2, -0.15) is 0 Å². The van der Waals surface area contributed by atoms with Gasteiger partial charge in [0.2, 0.25) is 10.0 Å². The third-order valence-electron chi connectivity index (χ3n) is 3.59. The molecule has 1 saturated carbocycles. The van der Waals surface area contributed by atoms with E-state index in [1.165, 1.54) is 7.11 Å². The molecule has 0 aromatic heterocycles. The van der Waals surface area contributed by atoms with Crippen LogP contribution in [-0.2, 0) is 24.4 Å². The van der Waals surface area contributed by atoms with E-state index >= 15 is 0 Å². The lowest BCUT2D eigenvalue weighted by atomic mass is 10.1. The fourth-order valence-electron chi connectivity index (χ4n) is 2.63. The standard InChI is InChI=1S/C11H19NO5S/c1-16-11(13)9-5-4-6-10(9)18(14,15)12-7-2-3-8-17-12/h9-10H,2-8H2,1H3. The number of sulfonamides is 1. The highest BCUT2D eigenvalue weighted by atomic mass is 32.2. The Balaban J connectivity index is 2.15. The van der Waals surface area contributed by atoms with E-state index in [0.29, 0.717) is 26.0 Å². The first kappa shape index (κ1) is 13.8. The van der Waals surface area contributed by atoms with E-state index in [9.17, 15) is 13.2 Å². The van der Waals surface area contributed by atoms with Gasteiger partial charge in [-0.1, -0.05) is 10.9 Å². The molecule has 104 valence electrons. The molecule has 2 atom stereocenters. The number of hydrogen-bond acceptors (Lipinski definition) is 5. The Labute approximate surface area is 107 Å². The molecule has 1 aliphatic heterocycles. The Morgan fingerprint density at radius 3 is 2.67 bits per heavy atom. The first-order valence-corrected chi connectivity index (χ1v) is 7.80. The van der Waals surface area contributed by atoms with Crippen LogP contribution in [0.4, 0.5) is 0 Å². The Hall–Kier alpha value is -0.660. The van der Waals surface area contributed by atoms with Crippen LogP contribution in [0.1, 0.15) is 32.1 Å². The second-order valence-electron chi connectivity index (χ2n) is 4.71. The van der Waals surface area contributed by atoms with Crippen molar-refractivity contribution in [3.8, 4) is 0 Å². The summed E-state index contributed by atoms with van der Waals surface area (Å²) in [5.74, 6) is -0.983. The molecule has 0 radical (unpaired) electrons. The van der Waals surface area contributed by atoms with Crippen LogP contribution >= 0.6 is 0 Å². The maximum Gasteiger partial charge on any atom is 0.310 e. The molecule has 0 spiro atoms. The van der Waals surface area contributed by atoms with Crippen LogP contribution in [-0.4, -0.2) is 44.4 Å². The van der Waals surface area contributed by atoms with Gasteiger partial charge in [-0.05, 0) is 25.7 Å². The van der Waals surface area contributed by atoms with E-state index in [2.05, 4.69) is 4.74 Å². The van der Waals surface area contributed by atoms with Crippen molar-refractivity contribution in [2.45, 2.75) is 37.4 Å². The minimum absolute atomic E-state index is 0.382. The lowest BCUT2D eigenvalue weighted by Gasteiger charge is -2.29. The highest BCUT2D eigenvalue weighted by Crippen LogP contribution is 2.34. The molecule has 0 bridgehead atoms. The van der Waals surface area contributed by atoms with Crippen molar-refractivity contribution in [2.75, 3.05) is 20.3 Å². The van der Waals surface area contributed by atoms with Gasteiger partial charge in [-0.3, -0.25) is 9.63 Å². The van der Waals surface area contributed by atoms with Crippen molar-refractivity contribution < 1.29 is 22.8 Å². The molecule has 1 heterocycles. The van der Waals surface area contributed by atoms with Gasteiger partial charge in [0.25, 0.3) is 0 Å². The first-order valence-electron chi connectivity index (χ1n) is 6.29. The summed E-state index contributed by atoms with van der Waals surface area (Å²) in [4.78, 5) is 16.8. The Kier molecular flexibility index (Phi) is 4.24. The van der Waals surface area contributed by atoms with Crippen LogP contribution in [0.2, 0.25) is 0 Å². The second kappa shape index (κ2) is 5.54. The van der Waals surface area contributed by atoms with Gasteiger partial charge in [0, 0.05) is 6.54 Å². The van der Waals surface area contributed by atoms with E-state index in [0.717, 1.165) is 23.7 Å². The number of rotatable bonds is 3. The smallest absolute Gasteiger partial charge is 0.310 e. The van der Waals surface area contributed by atoms with Gasteiger partial charge in [-0.25, -0.2) is 8.42 Å². The van der Waals surface area contributed by atoms with Crippen LogP contribution in [0, 0.1) is 5.92 Å². The molecule has 18 heavy (non-hydrogen) atoms. The predicted molar refractivity (Wildman–Crippen MR) is 64.0 cm³/mol. The first-order chi connectivity index (χ1) is 8.57. The Morgan fingerprint density at radius 2 is 2.06 bits per heavy atom. The topological polar surface area (TPSA) is 72.9 Å². The largest absolute Gasteiger partial charge is 0.469 e. The summed E-state index contributed by atoms with van der Waals surface area (Å²) in [6, 6.07) is 0. The Bertz CT molecular complexity index is 402. The summed E-state index contributed by atoms with van der Waals surface area (Å²) in [6.45, 7) is 0.807. The highest BCUT2D eigenvalue weighted by Gasteiger charge is 2.45. The van der Waals surface area contributed by atoms with Gasteiger partial charge in [0.05, 0.1) is 24.9 Å². The monoisotopic (exact) mass is 277 g/mol. The molecule has 6 nitrogen and oxygen atoms in total. The van der Waals surface area contributed by atoms with Crippen LogP contribution in [0.5, 0.6) is 0 Å². The van der Waals surface area contributed by atoms with Crippen LogP contribution in [0.3, 0.4) is 0 Å². The molecule has 2 unspecified atom stereocenters. The van der Waals surface area contributed by atoms with Crippen LogP contribution < -0.4 is 0 Å². The average molecular weight is 277 g/mol. The molecular weight excluding hydrogens is 258 g/mol. The normalized spacial score (nSPS) is 30.3. The minimum atomic E-state index is -3.56. The number of esters is 1. The SMILES string of the molecule is COC(=O)C1CCCC1S(=O)(=O)N1CCCCO1. The molecule has 1 saturated heterocycles. The van der Waals surface area contributed by atoms with E-state index in [4.69, 9.17) is 4.84 Å². The molecule has 1 aliphatic carbocycles. The van der Waals surface area contributed by atoms with E-state index in [1.807, 2.05) is 0 Å². The summed E-state index contributed by atoms with van der Waals surface area (Å²) >= 11 is 0. The van der Waals surface area contributed by atoms with Crippen molar-refractivity contribution in [1.82, 2.24) is 4.47 Å². The molecular formula is C11H19NO5S. The molecule has 2 rings (SSSR count). The summed E-state index contributed by atoms with van der Waals surface area (Å²) in [7, 11) is -2.26. The van der Waals surface area contributed by atoms with Gasteiger partial charge in [-0.15, -0.1) is 0 Å². The number of nitrogens with zero attached hydrogens (tertiary/aromatic N) is 1. The Morgan fingerprint density at radius 1 is 1.28 bits per heavy atom. The van der Waals surface area contributed by atoms with Gasteiger partial charge in [0.1, 0.15) is 0 Å². The number of carbonyl (C=O) groups is 1. The molecule has 2 aliphatic rings. The minimum Gasteiger partial charge on any atom is -0.469 e. The van der Waals surface area contributed by atoms with E-state index < -0.39 is 27.2 Å². The molecule has 0 aromatic carbocycles. The van der Waals surface area contributed by atoms with Gasteiger partial charge < -0.3 is 4.74 Å². The fraction of sp³-hybridized carbons (Fsp3) is 0.909. The summed E-state index contributed by atoms with van der Waals surface area (Å²) in [6.07, 6.45) is 3.48. The van der Waals surface area contributed by atoms with Gasteiger partial charge in [0.15, 0.2) is 0 Å². The number of carbonyl (C=O) groups excluding carboxylic acids is 1. The van der Waals surface area contributed by atoms with E-state index in [-0.39, 0.29) is 0 Å². The number of methoxy groups -OCH3 is 1. The highest BCUT2D eigenvalue weighted by molar-refractivity contribution is 7.89. The maximum atomic E-state index is 12.4. The summed E-state index contributed by atoms with van der Waals surface area (Å²) in [5, 5.41) is -0.692. The molecule has 7 heteroatoms. The second-order valence-corrected chi connectivity index (χ2v) is 6.75. The third-order valence-corrected chi connectivity index (χ3v) is 5.78. The van der Waals surface area contributed by atoms with Crippen molar-refractivity contribution >= 4 is 16.0 Å². The average Bonchev–Trinajstić information content (AvgIpc) is 2.89. The van der Waals surface area contributed by atoms with Crippen molar-refractivity contribution in [2.24, 2.45) is 5.92 Å². The third kappa shape index (κ3) is 2.53. The molecule has 2 fully saturated rings. The fourth-order valence-corrected chi connectivity index (χ4v) is 4.66. The zero-order valence-corrected chi connectivity index (χ0v) is 11.3. The van der Waals surface area contributed by atoms with Crippen molar-refractivity contribution in [1.29, 1.82) is 0 Å². The predicted octanol–water partition coefficient (Wildman–Crippen LogP) is 0.685. The molecule has 0 aromatic rings.